The molecule has 15 nitrogen and oxygen atoms in total. The van der Waals surface area contributed by atoms with Crippen molar-refractivity contribution >= 4 is 17.5 Å². The summed E-state index contributed by atoms with van der Waals surface area (Å²) in [5.74, 6) is -1.32. The van der Waals surface area contributed by atoms with Gasteiger partial charge < -0.3 is 45.8 Å². The Morgan fingerprint density at radius 1 is 0.952 bits per heavy atom. The van der Waals surface area contributed by atoms with E-state index in [4.69, 9.17) is 25.4 Å². The number of nitrogen functional groups attached to an aromatic ring is 1. The Balaban J connectivity index is 0.000000277. The normalized spacial score (nSPS) is 34.4. The Morgan fingerprint density at radius 2 is 1.43 bits per heavy atom. The molecule has 4 heterocycles. The molecule has 4 rings (SSSR count). The van der Waals surface area contributed by atoms with E-state index in [1.807, 2.05) is 13.8 Å². The summed E-state index contributed by atoms with van der Waals surface area (Å²) in [6.07, 6.45) is -14.9. The Hall–Kier alpha value is -3.04. The highest BCUT2D eigenvalue weighted by Gasteiger charge is 2.62. The van der Waals surface area contributed by atoms with Crippen molar-refractivity contribution in [2.24, 2.45) is 0 Å². The number of hydrogen-bond acceptors (Lipinski definition) is 13. The first-order valence-electron chi connectivity index (χ1n) is 12.4. The van der Waals surface area contributed by atoms with Gasteiger partial charge in [-0.05, 0) is 12.1 Å². The highest BCUT2D eigenvalue weighted by atomic mass is 19.3. The summed E-state index contributed by atoms with van der Waals surface area (Å²) in [6, 6.07) is 1.20. The number of carbonyl (C=O) groups is 2. The molecular formula is C23H32F4N4O11. The summed E-state index contributed by atoms with van der Waals surface area (Å²) in [7, 11) is 0. The van der Waals surface area contributed by atoms with E-state index in [9.17, 15) is 52.4 Å². The molecule has 0 unspecified atom stereocenters. The first kappa shape index (κ1) is 35.2. The van der Waals surface area contributed by atoms with Crippen LogP contribution >= 0.6 is 0 Å². The number of aliphatic hydroxyl groups excluding tert-OH is 6. The first-order valence-corrected chi connectivity index (χ1v) is 12.4. The van der Waals surface area contributed by atoms with E-state index in [0.717, 1.165) is 23.4 Å². The molecule has 3 aliphatic rings. The molecular weight excluding hydrogens is 584 g/mol. The zero-order chi connectivity index (χ0) is 32.2. The SMILES string of the molecule is CC.Nc1ccn([C@@H]2O[C@@](CO)(C(F)F)[C@@H](O)[C@H]2O)c(=O)n1.O=C1C=CN([C@@H]2O[C@@](CO)(C(F)F)[C@@H](O)[C@H]2O)C(=O)C1. The maximum absolute atomic E-state index is 13.0. The number of hydrogen-bond donors (Lipinski definition) is 7. The van der Waals surface area contributed by atoms with E-state index in [1.54, 1.807) is 0 Å². The van der Waals surface area contributed by atoms with Crippen molar-refractivity contribution < 1.29 is 67.3 Å². The van der Waals surface area contributed by atoms with Gasteiger partial charge in [-0.15, -0.1) is 0 Å². The van der Waals surface area contributed by atoms with Crippen molar-refractivity contribution in [1.82, 2.24) is 14.5 Å². The predicted molar refractivity (Wildman–Crippen MR) is 131 cm³/mol. The molecule has 0 spiro atoms. The molecule has 2 saturated heterocycles. The average Bonchev–Trinajstić information content (AvgIpc) is 3.36. The lowest BCUT2D eigenvalue weighted by Gasteiger charge is -2.31. The number of nitrogens with two attached hydrogens (primary N) is 1. The molecule has 8 N–H and O–H groups in total. The van der Waals surface area contributed by atoms with Crippen molar-refractivity contribution in [1.29, 1.82) is 0 Å². The van der Waals surface area contributed by atoms with Crippen LogP contribution in [0.15, 0.2) is 29.3 Å². The van der Waals surface area contributed by atoms with Crippen LogP contribution in [0.4, 0.5) is 23.4 Å². The Bertz CT molecular complexity index is 1190. The first-order chi connectivity index (χ1) is 19.7. The molecule has 8 atom stereocenters. The van der Waals surface area contributed by atoms with Crippen LogP contribution in [-0.2, 0) is 19.1 Å². The van der Waals surface area contributed by atoms with E-state index in [2.05, 4.69) is 4.98 Å². The summed E-state index contributed by atoms with van der Waals surface area (Å²) < 4.78 is 62.4. The van der Waals surface area contributed by atoms with E-state index < -0.39 is 97.9 Å². The van der Waals surface area contributed by atoms with Crippen LogP contribution in [0.25, 0.3) is 0 Å². The van der Waals surface area contributed by atoms with Gasteiger partial charge in [0.25, 0.3) is 12.9 Å². The fourth-order valence-corrected chi connectivity index (χ4v) is 4.21. The lowest BCUT2D eigenvalue weighted by molar-refractivity contribution is -0.202. The van der Waals surface area contributed by atoms with Crippen molar-refractivity contribution in [3.8, 4) is 0 Å². The van der Waals surface area contributed by atoms with Crippen LogP contribution in [0, 0.1) is 0 Å². The number of amides is 1. The number of ether oxygens (including phenoxy) is 2. The van der Waals surface area contributed by atoms with E-state index in [0.29, 0.717) is 4.57 Å². The molecule has 0 aliphatic carbocycles. The number of nitrogens with zero attached hydrogens (tertiary/aromatic N) is 3. The third kappa shape index (κ3) is 6.32. The van der Waals surface area contributed by atoms with E-state index in [-0.39, 0.29) is 5.82 Å². The van der Waals surface area contributed by atoms with Crippen LogP contribution < -0.4 is 11.4 Å². The largest absolute Gasteiger partial charge is 0.393 e. The summed E-state index contributed by atoms with van der Waals surface area (Å²) in [6.45, 7) is 1.54. The molecule has 1 amide bonds. The monoisotopic (exact) mass is 616 g/mol. The molecule has 0 aromatic carbocycles. The van der Waals surface area contributed by atoms with Crippen molar-refractivity contribution in [2.45, 2.75) is 81.2 Å². The highest BCUT2D eigenvalue weighted by Crippen LogP contribution is 2.40. The lowest BCUT2D eigenvalue weighted by atomic mass is 9.96. The third-order valence-corrected chi connectivity index (χ3v) is 6.58. The summed E-state index contributed by atoms with van der Waals surface area (Å²) in [5.41, 5.74) is -0.991. The quantitative estimate of drug-likeness (QED) is 0.129. The lowest BCUT2D eigenvalue weighted by Crippen LogP contribution is -2.52. The zero-order valence-electron chi connectivity index (χ0n) is 22.2. The highest BCUT2D eigenvalue weighted by molar-refractivity contribution is 6.06. The predicted octanol–water partition coefficient (Wildman–Crippen LogP) is -2.53. The van der Waals surface area contributed by atoms with Gasteiger partial charge in [-0.25, -0.2) is 22.4 Å². The smallest absolute Gasteiger partial charge is 0.351 e. The zero-order valence-corrected chi connectivity index (χ0v) is 22.2. The molecule has 0 radical (unpaired) electrons. The van der Waals surface area contributed by atoms with E-state index in [1.165, 1.54) is 6.07 Å². The molecule has 0 saturated carbocycles. The standard InChI is InChI=1S/C11H13F2NO6.C10H13F2N3O5.C2H6/c12-10(13)11(4-15)8(19)7(18)9(20-11)14-2-1-5(16)3-6(14)17;11-8(12)10(3-16)6(18)5(17)7(20-10)15-2-1-4(13)14-9(15)19;1-2/h1-2,7-10,15,18-19H,3-4H2;1-2,5-8,16-18H,3H2,(H2,13,14,19);1-2H3/t7-,8+,9-,11-;5-,6+,7-,10-;/m11./s1. The minimum atomic E-state index is -3.27. The van der Waals surface area contributed by atoms with Gasteiger partial charge in [0, 0.05) is 12.4 Å². The average molecular weight is 617 g/mol. The third-order valence-electron chi connectivity index (χ3n) is 6.58. The van der Waals surface area contributed by atoms with Gasteiger partial charge >= 0.3 is 5.69 Å². The minimum Gasteiger partial charge on any atom is -0.393 e. The number of alkyl halides is 4. The molecule has 238 valence electrons. The van der Waals surface area contributed by atoms with Crippen LogP contribution in [-0.4, -0.2) is 125 Å². The van der Waals surface area contributed by atoms with Gasteiger partial charge in [0.2, 0.25) is 5.91 Å². The second-order valence-corrected chi connectivity index (χ2v) is 9.02. The van der Waals surface area contributed by atoms with Crippen LogP contribution in [0.5, 0.6) is 0 Å². The summed E-state index contributed by atoms with van der Waals surface area (Å²) >= 11 is 0. The number of aromatic nitrogens is 2. The van der Waals surface area contributed by atoms with Crippen LogP contribution in [0.1, 0.15) is 26.5 Å². The van der Waals surface area contributed by atoms with Crippen LogP contribution in [0.3, 0.4) is 0 Å². The molecule has 3 aliphatic heterocycles. The molecule has 1 aromatic heterocycles. The number of anilines is 1. The van der Waals surface area contributed by atoms with Gasteiger partial charge in [-0.2, -0.15) is 4.98 Å². The summed E-state index contributed by atoms with van der Waals surface area (Å²) in [4.78, 5) is 38.4. The summed E-state index contributed by atoms with van der Waals surface area (Å²) in [5, 5.41) is 57.0. The van der Waals surface area contributed by atoms with Gasteiger partial charge in [0.15, 0.2) is 29.4 Å². The maximum Gasteiger partial charge on any atom is 0.351 e. The van der Waals surface area contributed by atoms with Crippen LogP contribution in [0.2, 0.25) is 0 Å². The Kier molecular flexibility index (Phi) is 11.7. The van der Waals surface area contributed by atoms with Gasteiger partial charge in [-0.3, -0.25) is 19.1 Å². The molecule has 19 heteroatoms. The number of halogens is 4. The fraction of sp³-hybridized carbons (Fsp3) is 0.652. The molecule has 42 heavy (non-hydrogen) atoms. The Labute approximate surface area is 235 Å². The molecule has 1 aromatic rings. The van der Waals surface area contributed by atoms with Gasteiger partial charge in [0.05, 0.1) is 19.6 Å². The number of rotatable bonds is 6. The number of carbonyl (C=O) groups excluding carboxylic acids is 2. The minimum absolute atomic E-state index is 0.0958. The van der Waals surface area contributed by atoms with Gasteiger partial charge in [0.1, 0.15) is 30.2 Å². The van der Waals surface area contributed by atoms with Gasteiger partial charge in [-0.1, -0.05) is 13.8 Å². The second kappa shape index (κ2) is 14.0. The molecule has 2 fully saturated rings. The maximum atomic E-state index is 13.0. The van der Waals surface area contributed by atoms with E-state index >= 15 is 0 Å². The number of aliphatic hydroxyl groups is 6. The second-order valence-electron chi connectivity index (χ2n) is 9.02. The van der Waals surface area contributed by atoms with Crippen molar-refractivity contribution in [3.05, 3.63) is 35.0 Å². The fourth-order valence-electron chi connectivity index (χ4n) is 4.21. The number of allylic oxidation sites excluding steroid dienone is 1. The molecule has 0 bridgehead atoms. The number of ketones is 1. The van der Waals surface area contributed by atoms with Crippen molar-refractivity contribution in [3.63, 3.8) is 0 Å². The Morgan fingerprint density at radius 3 is 1.83 bits per heavy atom. The van der Waals surface area contributed by atoms with Crippen molar-refractivity contribution in [2.75, 3.05) is 18.9 Å². The topological polar surface area (TPSA) is 238 Å².